The van der Waals surface area contributed by atoms with E-state index in [4.69, 9.17) is 0 Å². The highest BCUT2D eigenvalue weighted by Crippen LogP contribution is 2.53. The van der Waals surface area contributed by atoms with Gasteiger partial charge in [-0.25, -0.2) is 0 Å². The maximum absolute atomic E-state index is 2.44. The normalized spacial score (nSPS) is 12.7. The molecule has 0 atom stereocenters. The third-order valence-corrected chi connectivity index (χ3v) is 12.9. The Balaban J connectivity index is 0.982. The lowest BCUT2D eigenvalue weighted by Gasteiger charge is -2.42. The van der Waals surface area contributed by atoms with Crippen LogP contribution in [0.4, 0.5) is 34.1 Å². The van der Waals surface area contributed by atoms with Gasteiger partial charge in [-0.1, -0.05) is 184 Å². The molecule has 63 heavy (non-hydrogen) atoms. The van der Waals surface area contributed by atoms with E-state index in [9.17, 15) is 0 Å². The van der Waals surface area contributed by atoms with Crippen molar-refractivity contribution in [2.45, 2.75) is 19.3 Å². The van der Waals surface area contributed by atoms with E-state index in [0.717, 1.165) is 22.7 Å². The van der Waals surface area contributed by atoms with Gasteiger partial charge in [0.05, 0.1) is 11.4 Å². The molecule has 0 saturated carbocycles. The molecule has 0 spiro atoms. The lowest BCUT2D eigenvalue weighted by Crippen LogP contribution is -2.30. The predicted octanol–water partition coefficient (Wildman–Crippen LogP) is 17.1. The summed E-state index contributed by atoms with van der Waals surface area (Å²) in [7, 11) is 0. The number of anilines is 6. The Morgan fingerprint density at radius 2 is 0.730 bits per heavy atom. The summed E-state index contributed by atoms with van der Waals surface area (Å²) in [6.45, 7) is 4.77. The van der Waals surface area contributed by atoms with Crippen molar-refractivity contribution in [3.63, 3.8) is 0 Å². The molecule has 0 amide bonds. The van der Waals surface area contributed by atoms with Crippen molar-refractivity contribution in [1.29, 1.82) is 0 Å². The van der Waals surface area contributed by atoms with E-state index in [1.54, 1.807) is 0 Å². The molecule has 2 heteroatoms. The minimum Gasteiger partial charge on any atom is -0.311 e. The molecule has 1 heterocycles. The molecule has 0 radical (unpaired) electrons. The van der Waals surface area contributed by atoms with E-state index in [0.29, 0.717) is 0 Å². The fraction of sp³-hybridized carbons (Fsp3) is 0.0492. The summed E-state index contributed by atoms with van der Waals surface area (Å²) < 4.78 is 0. The summed E-state index contributed by atoms with van der Waals surface area (Å²) in [5, 5.41) is 2.52. The maximum Gasteiger partial charge on any atom is 0.0503 e. The highest BCUT2D eigenvalue weighted by molar-refractivity contribution is 5.98. The Morgan fingerprint density at radius 1 is 0.333 bits per heavy atom. The van der Waals surface area contributed by atoms with Gasteiger partial charge in [0.2, 0.25) is 0 Å². The maximum atomic E-state index is 2.44. The first-order chi connectivity index (χ1) is 31.0. The summed E-state index contributed by atoms with van der Waals surface area (Å²) in [6.07, 6.45) is 0. The van der Waals surface area contributed by atoms with Crippen LogP contribution in [-0.4, -0.2) is 0 Å². The van der Waals surface area contributed by atoms with Crippen molar-refractivity contribution in [2.75, 3.05) is 9.80 Å². The molecule has 10 aromatic carbocycles. The van der Waals surface area contributed by atoms with E-state index in [-0.39, 0.29) is 5.41 Å². The number of rotatable bonds is 8. The van der Waals surface area contributed by atoms with Crippen molar-refractivity contribution in [2.24, 2.45) is 0 Å². The summed E-state index contributed by atoms with van der Waals surface area (Å²) in [6, 6.07) is 88.3. The third-order valence-electron chi connectivity index (χ3n) is 12.9. The monoisotopic (exact) mass is 806 g/mol. The van der Waals surface area contributed by atoms with Gasteiger partial charge in [-0.3, -0.25) is 0 Å². The van der Waals surface area contributed by atoms with Gasteiger partial charge in [0.1, 0.15) is 0 Å². The van der Waals surface area contributed by atoms with Crippen LogP contribution in [-0.2, 0) is 5.41 Å². The molecule has 0 N–H and O–H groups in total. The summed E-state index contributed by atoms with van der Waals surface area (Å²) in [5.41, 5.74) is 18.9. The summed E-state index contributed by atoms with van der Waals surface area (Å²) in [5.74, 6) is 0. The van der Waals surface area contributed by atoms with Gasteiger partial charge in [-0.2, -0.15) is 0 Å². The molecule has 0 bridgehead atoms. The lowest BCUT2D eigenvalue weighted by atomic mass is 9.72. The molecule has 0 aliphatic carbocycles. The lowest BCUT2D eigenvalue weighted by molar-refractivity contribution is 0.632. The average Bonchev–Trinajstić information content (AvgIpc) is 3.35. The zero-order valence-electron chi connectivity index (χ0n) is 35.5. The fourth-order valence-corrected chi connectivity index (χ4v) is 9.53. The molecule has 10 aromatic rings. The van der Waals surface area contributed by atoms with Crippen LogP contribution >= 0.6 is 0 Å². The van der Waals surface area contributed by atoms with E-state index in [1.807, 2.05) is 0 Å². The molecule has 2 nitrogen and oxygen atoms in total. The second-order valence-electron chi connectivity index (χ2n) is 17.0. The second kappa shape index (κ2) is 15.8. The molecular weight excluding hydrogens is 761 g/mol. The smallest absolute Gasteiger partial charge is 0.0503 e. The SMILES string of the molecule is CC1(C)c2cc(-c3ccc(N(c4ccc(-c5ccccc5)cc4)c4ccc(-c5ccccc5)cc4)cc3)ccc2N(c2ccccc2)c2ccc(-c3cccc4ccccc34)cc21. The van der Waals surface area contributed by atoms with Crippen LogP contribution in [0.5, 0.6) is 0 Å². The van der Waals surface area contributed by atoms with Gasteiger partial charge in [0, 0.05) is 28.2 Å². The van der Waals surface area contributed by atoms with E-state index in [2.05, 4.69) is 266 Å². The fourth-order valence-electron chi connectivity index (χ4n) is 9.53. The minimum absolute atomic E-state index is 0.277. The summed E-state index contributed by atoms with van der Waals surface area (Å²) >= 11 is 0. The van der Waals surface area contributed by atoms with E-state index < -0.39 is 0 Å². The van der Waals surface area contributed by atoms with Crippen molar-refractivity contribution in [1.82, 2.24) is 0 Å². The molecule has 300 valence electrons. The average molecular weight is 807 g/mol. The van der Waals surface area contributed by atoms with Gasteiger partial charge >= 0.3 is 0 Å². The first-order valence-electron chi connectivity index (χ1n) is 21.8. The van der Waals surface area contributed by atoms with E-state index >= 15 is 0 Å². The number of fused-ring (bicyclic) bond motifs is 3. The standard InChI is InChI=1S/C61H46N2/c1-61(2)57-41-49(31-39-59(57)63(51-21-10-5-11-22-51)60-40-32-50(42-58(60)61)56-24-14-20-48-19-12-13-23-55(48)56)47-29-37-54(38-30-47)62(52-33-25-45(26-34-52)43-15-6-3-7-16-43)53-35-27-46(28-36-53)44-17-8-4-9-18-44/h3-42H,1-2H3. The van der Waals surface area contributed by atoms with Gasteiger partial charge in [0.15, 0.2) is 0 Å². The zero-order chi connectivity index (χ0) is 42.3. The van der Waals surface area contributed by atoms with Crippen LogP contribution in [0, 0.1) is 0 Å². The molecular formula is C61H46N2. The first-order valence-corrected chi connectivity index (χ1v) is 21.8. The Kier molecular flexibility index (Phi) is 9.55. The molecule has 0 aromatic heterocycles. The third kappa shape index (κ3) is 6.96. The molecule has 1 aliphatic heterocycles. The van der Waals surface area contributed by atoms with Crippen molar-refractivity contribution in [3.05, 3.63) is 254 Å². The van der Waals surface area contributed by atoms with Gasteiger partial charge in [0.25, 0.3) is 0 Å². The Hall–Kier alpha value is -7.94. The van der Waals surface area contributed by atoms with Crippen LogP contribution in [0.2, 0.25) is 0 Å². The molecule has 1 aliphatic rings. The molecule has 0 unspecified atom stereocenters. The van der Waals surface area contributed by atoms with Crippen LogP contribution in [0.3, 0.4) is 0 Å². The van der Waals surface area contributed by atoms with Crippen LogP contribution in [0.25, 0.3) is 55.3 Å². The number of nitrogens with zero attached hydrogens (tertiary/aromatic N) is 2. The zero-order valence-corrected chi connectivity index (χ0v) is 35.5. The van der Waals surface area contributed by atoms with Crippen LogP contribution < -0.4 is 9.80 Å². The van der Waals surface area contributed by atoms with Crippen LogP contribution in [0.1, 0.15) is 25.0 Å². The quantitative estimate of drug-likeness (QED) is 0.151. The van der Waals surface area contributed by atoms with Gasteiger partial charge < -0.3 is 9.80 Å². The highest BCUT2D eigenvalue weighted by atomic mass is 15.2. The first kappa shape index (κ1) is 38.0. The van der Waals surface area contributed by atoms with E-state index in [1.165, 1.54) is 77.8 Å². The topological polar surface area (TPSA) is 6.48 Å². The second-order valence-corrected chi connectivity index (χ2v) is 17.0. The van der Waals surface area contributed by atoms with Gasteiger partial charge in [-0.05, 0) is 139 Å². The predicted molar refractivity (Wildman–Crippen MR) is 267 cm³/mol. The summed E-state index contributed by atoms with van der Waals surface area (Å²) in [4.78, 5) is 4.80. The Bertz CT molecular complexity index is 3120. The number of para-hydroxylation sites is 1. The molecule has 0 saturated heterocycles. The number of hydrogen-bond donors (Lipinski definition) is 0. The van der Waals surface area contributed by atoms with Crippen molar-refractivity contribution < 1.29 is 0 Å². The number of hydrogen-bond acceptors (Lipinski definition) is 2. The van der Waals surface area contributed by atoms with Crippen LogP contribution in [0.15, 0.2) is 243 Å². The Morgan fingerprint density at radius 3 is 1.27 bits per heavy atom. The largest absolute Gasteiger partial charge is 0.311 e. The number of benzene rings is 10. The highest BCUT2D eigenvalue weighted by Gasteiger charge is 2.37. The van der Waals surface area contributed by atoms with Crippen molar-refractivity contribution in [3.8, 4) is 44.5 Å². The van der Waals surface area contributed by atoms with Gasteiger partial charge in [-0.15, -0.1) is 0 Å². The minimum atomic E-state index is -0.277. The Labute approximate surface area is 370 Å². The molecule has 11 rings (SSSR count). The molecule has 0 fully saturated rings. The van der Waals surface area contributed by atoms with Crippen molar-refractivity contribution >= 4 is 44.9 Å².